The minimum Gasteiger partial charge on any atom is -0.441 e. The van der Waals surface area contributed by atoms with Gasteiger partial charge in [0.2, 0.25) is 0 Å². The van der Waals surface area contributed by atoms with Gasteiger partial charge in [0.1, 0.15) is 5.60 Å². The number of alkyl carbamates (subject to hydrolysis) is 1. The summed E-state index contributed by atoms with van der Waals surface area (Å²) in [5.74, 6) is 0.740. The molecule has 0 bridgehead atoms. The van der Waals surface area contributed by atoms with Gasteiger partial charge in [-0.1, -0.05) is 29.8 Å². The third kappa shape index (κ3) is 3.34. The Bertz CT molecular complexity index is 1140. The molecule has 3 aliphatic heterocycles. The SMILES string of the molecule is CN1CC(c2nn(C)c(CC3c4ccccc4C(=O)N3CC3CC4(CNC(=O)O4)C3)c2Cl)C1. The second-order valence-corrected chi connectivity index (χ2v) is 10.5. The average molecular weight is 470 g/mol. The number of aryl methyl sites for hydroxylation is 1. The van der Waals surface area contributed by atoms with Crippen molar-refractivity contribution in [2.24, 2.45) is 13.0 Å². The topological polar surface area (TPSA) is 79.7 Å². The van der Waals surface area contributed by atoms with Crippen molar-refractivity contribution in [3.8, 4) is 0 Å². The van der Waals surface area contributed by atoms with E-state index in [2.05, 4.69) is 23.3 Å². The Hall–Kier alpha value is -2.58. The van der Waals surface area contributed by atoms with Crippen LogP contribution in [0.25, 0.3) is 0 Å². The number of halogens is 1. The second kappa shape index (κ2) is 7.46. The maximum atomic E-state index is 13.4. The second-order valence-electron chi connectivity index (χ2n) is 10.2. The van der Waals surface area contributed by atoms with Crippen LogP contribution in [-0.2, 0) is 18.2 Å². The van der Waals surface area contributed by atoms with E-state index in [1.807, 2.05) is 34.8 Å². The lowest BCUT2D eigenvalue weighted by atomic mass is 9.70. The molecule has 174 valence electrons. The van der Waals surface area contributed by atoms with E-state index in [1.54, 1.807) is 0 Å². The average Bonchev–Trinajstić information content (AvgIpc) is 3.35. The predicted octanol–water partition coefficient (Wildman–Crippen LogP) is 2.73. The van der Waals surface area contributed by atoms with Gasteiger partial charge in [-0.05, 0) is 37.4 Å². The molecule has 1 spiro atoms. The lowest BCUT2D eigenvalue weighted by Crippen LogP contribution is -2.51. The highest BCUT2D eigenvalue weighted by Gasteiger charge is 2.52. The highest BCUT2D eigenvalue weighted by molar-refractivity contribution is 6.32. The molecule has 0 radical (unpaired) electrons. The molecule has 1 atom stereocenters. The Morgan fingerprint density at radius 2 is 1.97 bits per heavy atom. The largest absolute Gasteiger partial charge is 0.441 e. The molecule has 6 rings (SSSR count). The Morgan fingerprint density at radius 3 is 2.67 bits per heavy atom. The van der Waals surface area contributed by atoms with Crippen molar-refractivity contribution in [1.82, 2.24) is 24.9 Å². The van der Waals surface area contributed by atoms with Crippen LogP contribution < -0.4 is 5.32 Å². The zero-order valence-electron chi connectivity index (χ0n) is 18.9. The number of rotatable bonds is 5. The number of hydrogen-bond donors (Lipinski definition) is 1. The summed E-state index contributed by atoms with van der Waals surface area (Å²) in [7, 11) is 4.04. The smallest absolute Gasteiger partial charge is 0.407 e. The zero-order valence-corrected chi connectivity index (χ0v) is 19.6. The number of nitrogens with zero attached hydrogens (tertiary/aromatic N) is 4. The van der Waals surface area contributed by atoms with Crippen molar-refractivity contribution in [3.05, 3.63) is 51.8 Å². The molecule has 1 aromatic carbocycles. The molecule has 4 aliphatic rings. The number of fused-ring (bicyclic) bond motifs is 1. The summed E-state index contributed by atoms with van der Waals surface area (Å²) in [6.07, 6.45) is 1.85. The molecular weight excluding hydrogens is 442 g/mol. The Morgan fingerprint density at radius 1 is 1.21 bits per heavy atom. The molecule has 4 heterocycles. The van der Waals surface area contributed by atoms with Crippen molar-refractivity contribution < 1.29 is 14.3 Å². The normalized spacial score (nSPS) is 29.1. The third-order valence-corrected chi connectivity index (χ3v) is 8.20. The van der Waals surface area contributed by atoms with Crippen molar-refractivity contribution in [3.63, 3.8) is 0 Å². The summed E-state index contributed by atoms with van der Waals surface area (Å²) in [5.41, 5.74) is 3.37. The van der Waals surface area contributed by atoms with E-state index in [1.165, 1.54) is 0 Å². The van der Waals surface area contributed by atoms with E-state index < -0.39 is 0 Å². The number of benzene rings is 1. The molecule has 2 aromatic rings. The van der Waals surface area contributed by atoms with Crippen LogP contribution in [0, 0.1) is 5.92 Å². The van der Waals surface area contributed by atoms with Crippen molar-refractivity contribution in [1.29, 1.82) is 0 Å². The molecule has 1 unspecified atom stereocenters. The van der Waals surface area contributed by atoms with Crippen LogP contribution in [0.5, 0.6) is 0 Å². The van der Waals surface area contributed by atoms with Gasteiger partial charge in [-0.25, -0.2) is 4.79 Å². The van der Waals surface area contributed by atoms with E-state index in [0.29, 0.717) is 31.3 Å². The highest BCUT2D eigenvalue weighted by atomic mass is 35.5. The van der Waals surface area contributed by atoms with Gasteiger partial charge in [0, 0.05) is 44.6 Å². The molecule has 1 saturated carbocycles. The Labute approximate surface area is 197 Å². The zero-order chi connectivity index (χ0) is 22.9. The molecule has 33 heavy (non-hydrogen) atoms. The van der Waals surface area contributed by atoms with E-state index in [4.69, 9.17) is 21.4 Å². The first-order chi connectivity index (χ1) is 15.8. The number of aromatic nitrogens is 2. The fraction of sp³-hybridized carbons (Fsp3) is 0.542. The highest BCUT2D eigenvalue weighted by Crippen LogP contribution is 2.46. The summed E-state index contributed by atoms with van der Waals surface area (Å²) in [6.45, 7) is 3.14. The molecule has 2 amide bonds. The summed E-state index contributed by atoms with van der Waals surface area (Å²) in [5, 5.41) is 8.24. The van der Waals surface area contributed by atoms with Gasteiger partial charge >= 0.3 is 6.09 Å². The molecular formula is C24H28ClN5O3. The lowest BCUT2D eigenvalue weighted by molar-refractivity contribution is -0.0555. The van der Waals surface area contributed by atoms with Gasteiger partial charge in [0.25, 0.3) is 5.91 Å². The van der Waals surface area contributed by atoms with E-state index in [9.17, 15) is 9.59 Å². The van der Waals surface area contributed by atoms with Gasteiger partial charge in [-0.2, -0.15) is 5.10 Å². The van der Waals surface area contributed by atoms with Crippen LogP contribution in [0.2, 0.25) is 5.02 Å². The summed E-state index contributed by atoms with van der Waals surface area (Å²) < 4.78 is 7.38. The maximum absolute atomic E-state index is 13.4. The van der Waals surface area contributed by atoms with Crippen molar-refractivity contribution in [2.75, 3.05) is 33.2 Å². The Balaban J connectivity index is 1.25. The van der Waals surface area contributed by atoms with Crippen LogP contribution in [0.3, 0.4) is 0 Å². The number of likely N-dealkylation sites (tertiary alicyclic amines) is 1. The minimum absolute atomic E-state index is 0.0669. The molecule has 3 fully saturated rings. The minimum atomic E-state index is -0.386. The van der Waals surface area contributed by atoms with Crippen LogP contribution in [0.1, 0.15) is 52.1 Å². The summed E-state index contributed by atoms with van der Waals surface area (Å²) >= 11 is 6.85. The van der Waals surface area contributed by atoms with Crippen LogP contribution >= 0.6 is 11.6 Å². The Kier molecular flexibility index (Phi) is 4.75. The number of carbonyl (C=O) groups excluding carboxylic acids is 2. The van der Waals surface area contributed by atoms with Gasteiger partial charge in [-0.15, -0.1) is 0 Å². The predicted molar refractivity (Wildman–Crippen MR) is 122 cm³/mol. The van der Waals surface area contributed by atoms with Crippen molar-refractivity contribution >= 4 is 23.6 Å². The molecule has 1 N–H and O–H groups in total. The number of amides is 2. The van der Waals surface area contributed by atoms with Gasteiger partial charge in [0.15, 0.2) is 0 Å². The third-order valence-electron chi connectivity index (χ3n) is 7.79. The first-order valence-electron chi connectivity index (χ1n) is 11.6. The van der Waals surface area contributed by atoms with Gasteiger partial charge < -0.3 is 19.9 Å². The molecule has 1 aromatic heterocycles. The molecule has 2 saturated heterocycles. The quantitative estimate of drug-likeness (QED) is 0.728. The lowest BCUT2D eigenvalue weighted by Gasteiger charge is -2.44. The van der Waals surface area contributed by atoms with Crippen LogP contribution in [0.4, 0.5) is 4.79 Å². The molecule has 8 nitrogen and oxygen atoms in total. The van der Waals surface area contributed by atoms with Crippen LogP contribution in [0.15, 0.2) is 24.3 Å². The van der Waals surface area contributed by atoms with E-state index in [-0.39, 0.29) is 23.6 Å². The number of likely N-dealkylation sites (N-methyl/N-ethyl adjacent to an activating group) is 1. The summed E-state index contributed by atoms with van der Waals surface area (Å²) in [4.78, 5) is 29.1. The van der Waals surface area contributed by atoms with Gasteiger partial charge in [0.05, 0.1) is 29.0 Å². The summed E-state index contributed by atoms with van der Waals surface area (Å²) in [6, 6.07) is 7.79. The standard InChI is InChI=1S/C24H28ClN5O3/c1-28-11-15(12-28)21-20(25)19(29(2)27-21)7-18-16-5-3-4-6-17(16)22(31)30(18)10-14-8-24(9-14)13-26-23(32)33-24/h3-6,14-15,18H,7-13H2,1-2H3,(H,26,32). The van der Waals surface area contributed by atoms with E-state index >= 15 is 0 Å². The molecule has 1 aliphatic carbocycles. The number of nitrogens with one attached hydrogen (secondary N) is 1. The first kappa shape index (κ1) is 21.0. The van der Waals surface area contributed by atoms with Crippen LogP contribution in [-0.4, -0.2) is 70.4 Å². The number of hydrogen-bond acceptors (Lipinski definition) is 5. The first-order valence-corrected chi connectivity index (χ1v) is 12.0. The maximum Gasteiger partial charge on any atom is 0.407 e. The number of ether oxygens (including phenoxy) is 1. The van der Waals surface area contributed by atoms with Crippen molar-refractivity contribution in [2.45, 2.75) is 36.8 Å². The monoisotopic (exact) mass is 469 g/mol. The fourth-order valence-corrected chi connectivity index (χ4v) is 6.49. The number of carbonyl (C=O) groups is 2. The van der Waals surface area contributed by atoms with E-state index in [0.717, 1.165) is 53.5 Å². The van der Waals surface area contributed by atoms with Gasteiger partial charge in [-0.3, -0.25) is 9.48 Å². The molecule has 9 heteroatoms. The fourth-order valence-electron chi connectivity index (χ4n) is 6.10.